The second-order valence-corrected chi connectivity index (χ2v) is 4.34. The molecule has 0 fully saturated rings. The van der Waals surface area contributed by atoms with Gasteiger partial charge in [0, 0.05) is 23.3 Å². The molecule has 1 N–H and O–H groups in total. The quantitative estimate of drug-likeness (QED) is 0.793. The van der Waals surface area contributed by atoms with Crippen molar-refractivity contribution in [2.24, 2.45) is 0 Å². The second-order valence-electron chi connectivity index (χ2n) is 4.34. The minimum Gasteiger partial charge on any atom is -0.478 e. The number of halogens is 1. The van der Waals surface area contributed by atoms with Gasteiger partial charge in [-0.05, 0) is 24.3 Å². The number of carboxylic acids is 1. The van der Waals surface area contributed by atoms with Crippen molar-refractivity contribution >= 4 is 16.9 Å². The Labute approximate surface area is 113 Å². The van der Waals surface area contributed by atoms with Crippen molar-refractivity contribution in [2.45, 2.75) is 6.54 Å². The van der Waals surface area contributed by atoms with Crippen LogP contribution >= 0.6 is 0 Å². The van der Waals surface area contributed by atoms with Crippen LogP contribution < -0.4 is 0 Å². The SMILES string of the molecule is O=C(O)c1cncnc1Cn1ccc2cc(F)ccc21. The van der Waals surface area contributed by atoms with Gasteiger partial charge in [0.2, 0.25) is 0 Å². The van der Waals surface area contributed by atoms with Crippen molar-refractivity contribution in [3.63, 3.8) is 0 Å². The monoisotopic (exact) mass is 271 g/mol. The average Bonchev–Trinajstić information content (AvgIpc) is 2.81. The number of fused-ring (bicyclic) bond motifs is 1. The Morgan fingerprint density at radius 2 is 2.20 bits per heavy atom. The third-order valence-corrected chi connectivity index (χ3v) is 3.08. The van der Waals surface area contributed by atoms with E-state index < -0.39 is 5.97 Å². The Balaban J connectivity index is 2.04. The number of aromatic nitrogens is 3. The van der Waals surface area contributed by atoms with Crippen LogP contribution in [-0.4, -0.2) is 25.6 Å². The lowest BCUT2D eigenvalue weighted by molar-refractivity contribution is 0.0694. The summed E-state index contributed by atoms with van der Waals surface area (Å²) in [7, 11) is 0. The zero-order valence-electron chi connectivity index (χ0n) is 10.3. The molecule has 0 saturated heterocycles. The standard InChI is InChI=1S/C14H10FN3O2/c15-10-1-2-13-9(5-10)3-4-18(13)7-12-11(14(19)20)6-16-8-17-12/h1-6,8H,7H2,(H,19,20). The van der Waals surface area contributed by atoms with E-state index in [0.29, 0.717) is 12.2 Å². The summed E-state index contributed by atoms with van der Waals surface area (Å²) in [6.45, 7) is 0.291. The number of benzene rings is 1. The molecule has 100 valence electrons. The highest BCUT2D eigenvalue weighted by Crippen LogP contribution is 2.18. The van der Waals surface area contributed by atoms with Gasteiger partial charge in [-0.3, -0.25) is 0 Å². The normalized spacial score (nSPS) is 10.8. The van der Waals surface area contributed by atoms with Gasteiger partial charge in [0.05, 0.1) is 12.2 Å². The van der Waals surface area contributed by atoms with Gasteiger partial charge >= 0.3 is 5.97 Å². The average molecular weight is 271 g/mol. The van der Waals surface area contributed by atoms with E-state index in [9.17, 15) is 9.18 Å². The van der Waals surface area contributed by atoms with Gasteiger partial charge < -0.3 is 9.67 Å². The van der Waals surface area contributed by atoms with E-state index in [4.69, 9.17) is 5.11 Å². The molecule has 0 amide bonds. The van der Waals surface area contributed by atoms with Crippen LogP contribution in [0.15, 0.2) is 43.0 Å². The van der Waals surface area contributed by atoms with E-state index in [1.54, 1.807) is 18.3 Å². The van der Waals surface area contributed by atoms with Crippen molar-refractivity contribution in [2.75, 3.05) is 0 Å². The van der Waals surface area contributed by atoms with Gasteiger partial charge in [-0.15, -0.1) is 0 Å². The number of nitrogens with zero attached hydrogens (tertiary/aromatic N) is 3. The van der Waals surface area contributed by atoms with Gasteiger partial charge in [-0.25, -0.2) is 19.2 Å². The molecule has 0 unspecified atom stereocenters. The lowest BCUT2D eigenvalue weighted by Gasteiger charge is -2.07. The smallest absolute Gasteiger partial charge is 0.339 e. The summed E-state index contributed by atoms with van der Waals surface area (Å²) in [5.41, 5.74) is 1.30. The van der Waals surface area contributed by atoms with Crippen LogP contribution in [0.5, 0.6) is 0 Å². The fourth-order valence-corrected chi connectivity index (χ4v) is 2.13. The zero-order chi connectivity index (χ0) is 14.1. The maximum atomic E-state index is 13.1. The van der Waals surface area contributed by atoms with Gasteiger partial charge in [-0.2, -0.15) is 0 Å². The Morgan fingerprint density at radius 3 is 3.00 bits per heavy atom. The predicted molar refractivity (Wildman–Crippen MR) is 70.0 cm³/mol. The van der Waals surface area contributed by atoms with Crippen LogP contribution in [0.3, 0.4) is 0 Å². The first-order chi connectivity index (χ1) is 9.65. The molecule has 6 heteroatoms. The summed E-state index contributed by atoms with van der Waals surface area (Å²) < 4.78 is 15.0. The summed E-state index contributed by atoms with van der Waals surface area (Å²) in [4.78, 5) is 18.9. The maximum Gasteiger partial charge on any atom is 0.339 e. The molecule has 5 nitrogen and oxygen atoms in total. The zero-order valence-corrected chi connectivity index (χ0v) is 10.3. The summed E-state index contributed by atoms with van der Waals surface area (Å²) in [5.74, 6) is -1.37. The van der Waals surface area contributed by atoms with Crippen LogP contribution in [0, 0.1) is 5.82 Å². The first kappa shape index (κ1) is 12.3. The van der Waals surface area contributed by atoms with Crippen molar-refractivity contribution in [1.82, 2.24) is 14.5 Å². The van der Waals surface area contributed by atoms with E-state index in [1.165, 1.54) is 24.7 Å². The molecular weight excluding hydrogens is 261 g/mol. The first-order valence-corrected chi connectivity index (χ1v) is 5.92. The van der Waals surface area contributed by atoms with Crippen LogP contribution in [0.4, 0.5) is 4.39 Å². The molecular formula is C14H10FN3O2. The molecule has 2 heterocycles. The van der Waals surface area contributed by atoms with Crippen LogP contribution in [0.1, 0.15) is 16.1 Å². The Kier molecular flexibility index (Phi) is 2.90. The highest BCUT2D eigenvalue weighted by atomic mass is 19.1. The van der Waals surface area contributed by atoms with E-state index in [1.807, 2.05) is 4.57 Å². The van der Waals surface area contributed by atoms with Crippen molar-refractivity contribution in [3.8, 4) is 0 Å². The molecule has 3 aromatic rings. The molecule has 2 aromatic heterocycles. The summed E-state index contributed by atoms with van der Waals surface area (Å²) in [6.07, 6.45) is 4.36. The number of rotatable bonds is 3. The van der Waals surface area contributed by atoms with E-state index in [0.717, 1.165) is 10.9 Å². The minimum atomic E-state index is -1.07. The van der Waals surface area contributed by atoms with Crippen molar-refractivity contribution < 1.29 is 14.3 Å². The van der Waals surface area contributed by atoms with Gasteiger partial charge in [0.25, 0.3) is 0 Å². The largest absolute Gasteiger partial charge is 0.478 e. The molecule has 0 radical (unpaired) electrons. The molecule has 0 atom stereocenters. The topological polar surface area (TPSA) is 68.0 Å². The molecule has 0 aliphatic carbocycles. The third-order valence-electron chi connectivity index (χ3n) is 3.08. The lowest BCUT2D eigenvalue weighted by Crippen LogP contribution is -2.09. The van der Waals surface area contributed by atoms with Gasteiger partial charge in [0.15, 0.2) is 0 Å². The fourth-order valence-electron chi connectivity index (χ4n) is 2.13. The fraction of sp³-hybridized carbons (Fsp3) is 0.0714. The Hall–Kier alpha value is -2.76. The van der Waals surface area contributed by atoms with Crippen LogP contribution in [-0.2, 0) is 6.54 Å². The van der Waals surface area contributed by atoms with E-state index >= 15 is 0 Å². The van der Waals surface area contributed by atoms with E-state index in [-0.39, 0.29) is 11.4 Å². The molecule has 1 aromatic carbocycles. The van der Waals surface area contributed by atoms with Gasteiger partial charge in [0.1, 0.15) is 17.7 Å². The van der Waals surface area contributed by atoms with Crippen molar-refractivity contribution in [1.29, 1.82) is 0 Å². The second kappa shape index (κ2) is 4.73. The summed E-state index contributed by atoms with van der Waals surface area (Å²) in [5, 5.41) is 9.87. The molecule has 0 bridgehead atoms. The molecule has 3 rings (SSSR count). The Morgan fingerprint density at radius 1 is 1.35 bits per heavy atom. The number of carboxylic acid groups (broad SMARTS) is 1. The lowest BCUT2D eigenvalue weighted by atomic mass is 10.2. The number of hydrogen-bond donors (Lipinski definition) is 1. The summed E-state index contributed by atoms with van der Waals surface area (Å²) in [6, 6.07) is 6.24. The van der Waals surface area contributed by atoms with E-state index in [2.05, 4.69) is 9.97 Å². The number of aromatic carboxylic acids is 1. The van der Waals surface area contributed by atoms with Gasteiger partial charge in [-0.1, -0.05) is 0 Å². The van der Waals surface area contributed by atoms with Crippen LogP contribution in [0.2, 0.25) is 0 Å². The highest BCUT2D eigenvalue weighted by Gasteiger charge is 2.12. The number of hydrogen-bond acceptors (Lipinski definition) is 3. The molecule has 0 spiro atoms. The maximum absolute atomic E-state index is 13.1. The molecule has 0 aliphatic heterocycles. The third kappa shape index (κ3) is 2.11. The van der Waals surface area contributed by atoms with Crippen molar-refractivity contribution in [3.05, 3.63) is 60.1 Å². The Bertz CT molecular complexity index is 798. The highest BCUT2D eigenvalue weighted by molar-refractivity contribution is 5.88. The first-order valence-electron chi connectivity index (χ1n) is 5.92. The molecule has 20 heavy (non-hydrogen) atoms. The summed E-state index contributed by atoms with van der Waals surface area (Å²) >= 11 is 0. The van der Waals surface area contributed by atoms with Crippen LogP contribution in [0.25, 0.3) is 10.9 Å². The minimum absolute atomic E-state index is 0.0662. The predicted octanol–water partition coefficient (Wildman–Crippen LogP) is 2.32. The number of carbonyl (C=O) groups is 1. The molecule has 0 aliphatic rings. The molecule has 0 saturated carbocycles.